The zero-order chi connectivity index (χ0) is 19.3. The summed E-state index contributed by atoms with van der Waals surface area (Å²) in [5.41, 5.74) is 1.83. The maximum absolute atomic E-state index is 12.4. The van der Waals surface area contributed by atoms with Crippen molar-refractivity contribution in [3.05, 3.63) is 41.1 Å². The van der Waals surface area contributed by atoms with Gasteiger partial charge in [-0.25, -0.2) is 0 Å². The lowest BCUT2D eigenvalue weighted by Crippen LogP contribution is -2.50. The Hall–Kier alpha value is -1.89. The predicted molar refractivity (Wildman–Crippen MR) is 109 cm³/mol. The van der Waals surface area contributed by atoms with Gasteiger partial charge in [-0.2, -0.15) is 0 Å². The van der Waals surface area contributed by atoms with E-state index in [0.29, 0.717) is 11.6 Å². The van der Waals surface area contributed by atoms with Crippen LogP contribution in [0.25, 0.3) is 11.3 Å². The third-order valence-electron chi connectivity index (χ3n) is 5.61. The van der Waals surface area contributed by atoms with Gasteiger partial charge in [0, 0.05) is 55.9 Å². The molecule has 28 heavy (non-hydrogen) atoms. The lowest BCUT2D eigenvalue weighted by molar-refractivity contribution is -0.133. The first-order valence-electron chi connectivity index (χ1n) is 10.1. The highest BCUT2D eigenvalue weighted by Crippen LogP contribution is 2.22. The van der Waals surface area contributed by atoms with Crippen molar-refractivity contribution in [1.29, 1.82) is 0 Å². The number of amides is 1. The van der Waals surface area contributed by atoms with Crippen molar-refractivity contribution in [2.45, 2.75) is 25.8 Å². The molecule has 0 bridgehead atoms. The summed E-state index contributed by atoms with van der Waals surface area (Å²) in [6, 6.07) is 9.60. The number of piperidine rings is 1. The minimum Gasteiger partial charge on any atom is -0.359 e. The molecule has 1 aromatic heterocycles. The Morgan fingerprint density at radius 1 is 0.964 bits per heavy atom. The lowest BCUT2D eigenvalue weighted by Gasteiger charge is -2.35. The number of halogens is 1. The highest BCUT2D eigenvalue weighted by atomic mass is 35.5. The van der Waals surface area contributed by atoms with Gasteiger partial charge in [0.2, 0.25) is 5.91 Å². The predicted octanol–water partition coefficient (Wildman–Crippen LogP) is 3.13. The van der Waals surface area contributed by atoms with Gasteiger partial charge in [0.25, 0.3) is 0 Å². The summed E-state index contributed by atoms with van der Waals surface area (Å²) >= 11 is 5.94. The molecule has 0 spiro atoms. The molecule has 3 heterocycles. The Bertz CT molecular complexity index is 778. The number of hydrogen-bond donors (Lipinski definition) is 0. The molecule has 2 fully saturated rings. The van der Waals surface area contributed by atoms with Gasteiger partial charge in [-0.1, -0.05) is 28.9 Å². The lowest BCUT2D eigenvalue weighted by atomic mass is 10.1. The molecule has 1 amide bonds. The fraction of sp³-hybridized carbons (Fsp3) is 0.524. The van der Waals surface area contributed by atoms with Gasteiger partial charge >= 0.3 is 0 Å². The molecule has 0 unspecified atom stereocenters. The Balaban J connectivity index is 1.24. The summed E-state index contributed by atoms with van der Waals surface area (Å²) in [5, 5.41) is 4.89. The van der Waals surface area contributed by atoms with E-state index in [9.17, 15) is 4.79 Å². The number of piperazine rings is 1. The second kappa shape index (κ2) is 9.07. The van der Waals surface area contributed by atoms with E-state index in [4.69, 9.17) is 16.1 Å². The van der Waals surface area contributed by atoms with E-state index in [0.717, 1.165) is 75.7 Å². The molecule has 0 N–H and O–H groups in total. The van der Waals surface area contributed by atoms with Gasteiger partial charge < -0.3 is 9.42 Å². The summed E-state index contributed by atoms with van der Waals surface area (Å²) in [5.74, 6) is 1.15. The zero-order valence-electron chi connectivity index (χ0n) is 16.1. The number of aromatic nitrogens is 1. The van der Waals surface area contributed by atoms with Gasteiger partial charge in [-0.3, -0.25) is 14.6 Å². The smallest absolute Gasteiger partial charge is 0.236 e. The van der Waals surface area contributed by atoms with Crippen LogP contribution in [0.4, 0.5) is 0 Å². The average molecular weight is 403 g/mol. The van der Waals surface area contributed by atoms with Crippen LogP contribution in [0.5, 0.6) is 0 Å². The average Bonchev–Trinajstić information content (AvgIpc) is 3.19. The van der Waals surface area contributed by atoms with Crippen molar-refractivity contribution >= 4 is 17.5 Å². The van der Waals surface area contributed by atoms with Gasteiger partial charge in [-0.05, 0) is 31.4 Å². The molecular weight excluding hydrogens is 376 g/mol. The van der Waals surface area contributed by atoms with Crippen LogP contribution in [-0.2, 0) is 11.3 Å². The highest BCUT2D eigenvalue weighted by molar-refractivity contribution is 6.30. The molecule has 7 heteroatoms. The van der Waals surface area contributed by atoms with Crippen LogP contribution < -0.4 is 0 Å². The number of hydrogen-bond acceptors (Lipinski definition) is 5. The van der Waals surface area contributed by atoms with Crippen molar-refractivity contribution < 1.29 is 9.32 Å². The van der Waals surface area contributed by atoms with E-state index >= 15 is 0 Å². The van der Waals surface area contributed by atoms with Crippen LogP contribution in [0, 0.1) is 0 Å². The van der Waals surface area contributed by atoms with Crippen molar-refractivity contribution in [2.75, 3.05) is 45.8 Å². The van der Waals surface area contributed by atoms with Crippen LogP contribution in [-0.4, -0.2) is 71.6 Å². The molecule has 1 aromatic carbocycles. The Morgan fingerprint density at radius 3 is 2.36 bits per heavy atom. The molecule has 2 aliphatic rings. The molecule has 2 saturated heterocycles. The van der Waals surface area contributed by atoms with E-state index in [1.54, 1.807) is 0 Å². The Morgan fingerprint density at radius 2 is 1.64 bits per heavy atom. The number of benzene rings is 1. The Kier molecular flexibility index (Phi) is 6.29. The van der Waals surface area contributed by atoms with E-state index in [1.165, 1.54) is 6.42 Å². The normalized spacial score (nSPS) is 19.1. The van der Waals surface area contributed by atoms with Crippen LogP contribution in [0.2, 0.25) is 5.02 Å². The summed E-state index contributed by atoms with van der Waals surface area (Å²) in [6.07, 6.45) is 3.55. The molecule has 0 atom stereocenters. The first-order chi connectivity index (χ1) is 13.7. The molecule has 0 aliphatic carbocycles. The molecular formula is C21H27ClN4O2. The summed E-state index contributed by atoms with van der Waals surface area (Å²) in [6.45, 7) is 6.86. The molecule has 2 aliphatic heterocycles. The number of carbonyl (C=O) groups excluding carboxylic acids is 1. The SMILES string of the molecule is O=C(CN1CCN(Cc2cc(-c3ccc(Cl)cc3)no2)CC1)N1CCCCC1. The third-order valence-corrected chi connectivity index (χ3v) is 5.86. The van der Waals surface area contributed by atoms with E-state index < -0.39 is 0 Å². The molecule has 150 valence electrons. The molecule has 0 radical (unpaired) electrons. The van der Waals surface area contributed by atoms with Crippen molar-refractivity contribution in [2.24, 2.45) is 0 Å². The summed E-state index contributed by atoms with van der Waals surface area (Å²) in [7, 11) is 0. The van der Waals surface area contributed by atoms with Gasteiger partial charge in [0.1, 0.15) is 5.69 Å². The standard InChI is InChI=1S/C21H27ClN4O2/c22-18-6-4-17(5-7-18)20-14-19(28-23-20)15-24-10-12-25(13-11-24)16-21(27)26-8-2-1-3-9-26/h4-7,14H,1-3,8-13,15-16H2. The maximum atomic E-state index is 12.4. The molecule has 0 saturated carbocycles. The van der Waals surface area contributed by atoms with Gasteiger partial charge in [-0.15, -0.1) is 0 Å². The van der Waals surface area contributed by atoms with E-state index in [2.05, 4.69) is 15.0 Å². The van der Waals surface area contributed by atoms with Crippen molar-refractivity contribution in [1.82, 2.24) is 19.9 Å². The summed E-state index contributed by atoms with van der Waals surface area (Å²) < 4.78 is 5.52. The highest BCUT2D eigenvalue weighted by Gasteiger charge is 2.23. The first-order valence-corrected chi connectivity index (χ1v) is 10.5. The monoisotopic (exact) mass is 402 g/mol. The van der Waals surface area contributed by atoms with Crippen LogP contribution >= 0.6 is 11.6 Å². The second-order valence-corrected chi connectivity index (χ2v) is 8.12. The third kappa shape index (κ3) is 4.93. The fourth-order valence-corrected chi connectivity index (χ4v) is 4.03. The Labute approximate surface area is 171 Å². The fourth-order valence-electron chi connectivity index (χ4n) is 3.90. The maximum Gasteiger partial charge on any atom is 0.236 e. The van der Waals surface area contributed by atoms with Crippen LogP contribution in [0.1, 0.15) is 25.0 Å². The number of carbonyl (C=O) groups is 1. The first kappa shape index (κ1) is 19.4. The molecule has 4 rings (SSSR count). The number of rotatable bonds is 5. The largest absolute Gasteiger partial charge is 0.359 e. The van der Waals surface area contributed by atoms with E-state index in [1.807, 2.05) is 35.2 Å². The second-order valence-electron chi connectivity index (χ2n) is 7.68. The number of nitrogens with zero attached hydrogens (tertiary/aromatic N) is 4. The van der Waals surface area contributed by atoms with Gasteiger partial charge in [0.15, 0.2) is 5.76 Å². The minimum absolute atomic E-state index is 0.288. The summed E-state index contributed by atoms with van der Waals surface area (Å²) in [4.78, 5) is 19.1. The molecule has 2 aromatic rings. The van der Waals surface area contributed by atoms with Crippen LogP contribution in [0.15, 0.2) is 34.9 Å². The van der Waals surface area contributed by atoms with Crippen LogP contribution in [0.3, 0.4) is 0 Å². The van der Waals surface area contributed by atoms with Gasteiger partial charge in [0.05, 0.1) is 13.1 Å². The topological polar surface area (TPSA) is 52.8 Å². The zero-order valence-corrected chi connectivity index (χ0v) is 16.9. The quantitative estimate of drug-likeness (QED) is 0.769. The molecule has 6 nitrogen and oxygen atoms in total. The van der Waals surface area contributed by atoms with Crippen molar-refractivity contribution in [3.8, 4) is 11.3 Å². The minimum atomic E-state index is 0.288. The van der Waals surface area contributed by atoms with E-state index in [-0.39, 0.29) is 5.91 Å². The van der Waals surface area contributed by atoms with Crippen molar-refractivity contribution in [3.63, 3.8) is 0 Å². The number of likely N-dealkylation sites (tertiary alicyclic amines) is 1.